The van der Waals surface area contributed by atoms with E-state index in [1.165, 1.54) is 5.69 Å². The van der Waals surface area contributed by atoms with Crippen LogP contribution in [0, 0.1) is 0 Å². The van der Waals surface area contributed by atoms with Gasteiger partial charge in [-0.1, -0.05) is 12.1 Å². The molecule has 0 unspecified atom stereocenters. The molecule has 1 aromatic carbocycles. The predicted octanol–water partition coefficient (Wildman–Crippen LogP) is 2.09. The van der Waals surface area contributed by atoms with Gasteiger partial charge in [0.15, 0.2) is 0 Å². The van der Waals surface area contributed by atoms with Crippen LogP contribution < -0.4 is 5.32 Å². The molecule has 7 heteroatoms. The molecular weight excluding hydrogens is 368 g/mol. The lowest BCUT2D eigenvalue weighted by atomic mass is 9.91. The maximum atomic E-state index is 12.3. The number of fused-ring (bicyclic) bond motifs is 2. The number of carbonyl (C=O) groups is 2. The zero-order valence-corrected chi connectivity index (χ0v) is 16.7. The van der Waals surface area contributed by atoms with Crippen molar-refractivity contribution in [2.24, 2.45) is 0 Å². The molecule has 3 aliphatic rings. The molecule has 0 aliphatic carbocycles. The third-order valence-electron chi connectivity index (χ3n) is 6.40. The Labute approximate surface area is 170 Å². The molecule has 3 aliphatic heterocycles. The van der Waals surface area contributed by atoms with Gasteiger partial charge in [-0.3, -0.25) is 14.3 Å². The summed E-state index contributed by atoms with van der Waals surface area (Å²) in [6.07, 6.45) is 3.53. The van der Waals surface area contributed by atoms with Crippen molar-refractivity contribution in [3.63, 3.8) is 0 Å². The predicted molar refractivity (Wildman–Crippen MR) is 108 cm³/mol. The van der Waals surface area contributed by atoms with Crippen LogP contribution in [0.4, 0.5) is 0 Å². The summed E-state index contributed by atoms with van der Waals surface area (Å²) in [6.45, 7) is 5.10. The van der Waals surface area contributed by atoms with E-state index in [-0.39, 0.29) is 11.8 Å². The molecule has 0 spiro atoms. The van der Waals surface area contributed by atoms with E-state index in [9.17, 15) is 9.59 Å². The molecule has 0 radical (unpaired) electrons. The number of nitrogens with one attached hydrogen (secondary N) is 1. The fourth-order valence-corrected chi connectivity index (χ4v) is 4.85. The summed E-state index contributed by atoms with van der Waals surface area (Å²) in [7, 11) is 0. The minimum Gasteiger partial charge on any atom is -0.381 e. The topological polar surface area (TPSA) is 76.5 Å². The lowest BCUT2D eigenvalue weighted by molar-refractivity contribution is -0.129. The third-order valence-corrected chi connectivity index (χ3v) is 6.40. The van der Waals surface area contributed by atoms with Crippen molar-refractivity contribution in [2.45, 2.75) is 45.2 Å². The minimum absolute atomic E-state index is 0.0174. The van der Waals surface area contributed by atoms with Crippen molar-refractivity contribution in [3.05, 3.63) is 40.6 Å². The Hall–Kier alpha value is -2.67. The van der Waals surface area contributed by atoms with Gasteiger partial charge in [0.25, 0.3) is 5.91 Å². The van der Waals surface area contributed by atoms with E-state index in [1.54, 1.807) is 6.92 Å². The SMILES string of the molecule is CC(=O)N1CCc2c(c(-c3cccc4c3CCNC4=O)nn2C2CCOCC2)C1. The number of amides is 2. The van der Waals surface area contributed by atoms with Gasteiger partial charge in [-0.2, -0.15) is 5.10 Å². The Kier molecular flexibility index (Phi) is 4.62. The highest BCUT2D eigenvalue weighted by Gasteiger charge is 2.31. The first-order chi connectivity index (χ1) is 14.1. The number of benzene rings is 1. The fourth-order valence-electron chi connectivity index (χ4n) is 4.85. The van der Waals surface area contributed by atoms with E-state index in [1.807, 2.05) is 17.0 Å². The first-order valence-electron chi connectivity index (χ1n) is 10.5. The van der Waals surface area contributed by atoms with Crippen LogP contribution in [0.25, 0.3) is 11.3 Å². The van der Waals surface area contributed by atoms with Crippen LogP contribution in [0.3, 0.4) is 0 Å². The second-order valence-electron chi connectivity index (χ2n) is 8.09. The number of rotatable bonds is 2. The molecule has 4 heterocycles. The van der Waals surface area contributed by atoms with Gasteiger partial charge in [0, 0.05) is 68.6 Å². The first kappa shape index (κ1) is 18.4. The largest absolute Gasteiger partial charge is 0.381 e. The summed E-state index contributed by atoms with van der Waals surface area (Å²) >= 11 is 0. The van der Waals surface area contributed by atoms with Crippen LogP contribution in [0.1, 0.15) is 53.0 Å². The summed E-state index contributed by atoms with van der Waals surface area (Å²) in [5.74, 6) is 0.0751. The average Bonchev–Trinajstić information content (AvgIpc) is 3.13. The van der Waals surface area contributed by atoms with Crippen molar-refractivity contribution in [2.75, 3.05) is 26.3 Å². The van der Waals surface area contributed by atoms with E-state index in [2.05, 4.69) is 16.1 Å². The molecule has 1 saturated heterocycles. The number of carbonyl (C=O) groups excluding carboxylic acids is 2. The van der Waals surface area contributed by atoms with Gasteiger partial charge in [0.2, 0.25) is 5.91 Å². The minimum atomic E-state index is -0.0174. The van der Waals surface area contributed by atoms with Gasteiger partial charge >= 0.3 is 0 Å². The number of hydrogen-bond donors (Lipinski definition) is 1. The quantitative estimate of drug-likeness (QED) is 0.846. The van der Waals surface area contributed by atoms with Crippen LogP contribution in [-0.2, 0) is 28.9 Å². The summed E-state index contributed by atoms with van der Waals surface area (Å²) < 4.78 is 7.75. The zero-order valence-electron chi connectivity index (χ0n) is 16.7. The standard InChI is InChI=1S/C22H26N4O3/c1-14(27)25-10-6-20-19(13-25)21(24-26(20)15-7-11-29-12-8-15)17-3-2-4-18-16(17)5-9-23-22(18)28/h2-4,15H,5-13H2,1H3,(H,23,28). The van der Waals surface area contributed by atoms with Crippen LogP contribution >= 0.6 is 0 Å². The molecule has 5 rings (SSSR count). The number of ether oxygens (including phenoxy) is 1. The Balaban J connectivity index is 1.65. The monoisotopic (exact) mass is 394 g/mol. The average molecular weight is 394 g/mol. The molecule has 0 bridgehead atoms. The van der Waals surface area contributed by atoms with Crippen molar-refractivity contribution in [1.82, 2.24) is 20.0 Å². The van der Waals surface area contributed by atoms with Crippen molar-refractivity contribution >= 4 is 11.8 Å². The van der Waals surface area contributed by atoms with Crippen molar-refractivity contribution in [1.29, 1.82) is 0 Å². The van der Waals surface area contributed by atoms with Crippen LogP contribution in [0.15, 0.2) is 18.2 Å². The van der Waals surface area contributed by atoms with E-state index in [0.717, 1.165) is 73.4 Å². The molecule has 1 N–H and O–H groups in total. The highest BCUT2D eigenvalue weighted by molar-refractivity contribution is 5.98. The Morgan fingerprint density at radius 2 is 1.97 bits per heavy atom. The molecule has 0 saturated carbocycles. The van der Waals surface area contributed by atoms with Crippen LogP contribution in [0.2, 0.25) is 0 Å². The van der Waals surface area contributed by atoms with Gasteiger partial charge < -0.3 is 15.0 Å². The molecule has 1 aromatic heterocycles. The Morgan fingerprint density at radius 1 is 1.17 bits per heavy atom. The molecule has 7 nitrogen and oxygen atoms in total. The summed E-state index contributed by atoms with van der Waals surface area (Å²) in [5, 5.41) is 8.03. The second-order valence-corrected chi connectivity index (χ2v) is 8.09. The molecule has 152 valence electrons. The van der Waals surface area contributed by atoms with Gasteiger partial charge in [-0.05, 0) is 30.9 Å². The normalized spacial score (nSPS) is 19.5. The molecular formula is C22H26N4O3. The maximum Gasteiger partial charge on any atom is 0.251 e. The van der Waals surface area contributed by atoms with Crippen molar-refractivity contribution in [3.8, 4) is 11.3 Å². The zero-order chi connectivity index (χ0) is 20.0. The molecule has 0 atom stereocenters. The molecule has 2 aromatic rings. The smallest absolute Gasteiger partial charge is 0.251 e. The fraction of sp³-hybridized carbons (Fsp3) is 0.500. The summed E-state index contributed by atoms with van der Waals surface area (Å²) in [4.78, 5) is 26.3. The summed E-state index contributed by atoms with van der Waals surface area (Å²) in [5.41, 5.74) is 6.14. The number of aromatic nitrogens is 2. The van der Waals surface area contributed by atoms with E-state index in [4.69, 9.17) is 9.84 Å². The lowest BCUT2D eigenvalue weighted by Crippen LogP contribution is -2.35. The molecule has 29 heavy (non-hydrogen) atoms. The summed E-state index contributed by atoms with van der Waals surface area (Å²) in [6, 6.07) is 6.22. The number of hydrogen-bond acceptors (Lipinski definition) is 4. The third kappa shape index (κ3) is 3.13. The Morgan fingerprint density at radius 3 is 2.76 bits per heavy atom. The van der Waals surface area contributed by atoms with Crippen molar-refractivity contribution < 1.29 is 14.3 Å². The molecule has 1 fully saturated rings. The van der Waals surface area contributed by atoms with Gasteiger partial charge in [-0.15, -0.1) is 0 Å². The highest BCUT2D eigenvalue weighted by Crippen LogP contribution is 2.36. The van der Waals surface area contributed by atoms with Crippen LogP contribution in [0.5, 0.6) is 0 Å². The number of nitrogens with zero attached hydrogens (tertiary/aromatic N) is 3. The first-order valence-corrected chi connectivity index (χ1v) is 10.5. The van der Waals surface area contributed by atoms with Crippen LogP contribution in [-0.4, -0.2) is 52.8 Å². The van der Waals surface area contributed by atoms with E-state index in [0.29, 0.717) is 19.1 Å². The maximum absolute atomic E-state index is 12.3. The lowest BCUT2D eigenvalue weighted by Gasteiger charge is -2.29. The second kappa shape index (κ2) is 7.30. The van der Waals surface area contributed by atoms with E-state index >= 15 is 0 Å². The highest BCUT2D eigenvalue weighted by atomic mass is 16.5. The Bertz CT molecular complexity index is 975. The van der Waals surface area contributed by atoms with Gasteiger partial charge in [0.1, 0.15) is 0 Å². The molecule has 2 amide bonds. The van der Waals surface area contributed by atoms with Gasteiger partial charge in [0.05, 0.1) is 11.7 Å². The van der Waals surface area contributed by atoms with E-state index < -0.39 is 0 Å². The van der Waals surface area contributed by atoms with Gasteiger partial charge in [-0.25, -0.2) is 0 Å².